The number of hydrogen-bond acceptors (Lipinski definition) is 5. The first-order valence-electron chi connectivity index (χ1n) is 8.37. The van der Waals surface area contributed by atoms with E-state index < -0.39 is 24.0 Å². The molecule has 26 heavy (non-hydrogen) atoms. The largest absolute Gasteiger partial charge is 0.464 e. The Kier molecular flexibility index (Phi) is 7.12. The molecule has 136 valence electrons. The van der Waals surface area contributed by atoms with Crippen LogP contribution >= 0.6 is 0 Å². The summed E-state index contributed by atoms with van der Waals surface area (Å²) >= 11 is 0. The van der Waals surface area contributed by atoms with E-state index in [1.54, 1.807) is 13.0 Å². The predicted octanol–water partition coefficient (Wildman–Crippen LogP) is 3.13. The normalized spacial score (nSPS) is 13.2. The van der Waals surface area contributed by atoms with Crippen molar-refractivity contribution in [2.45, 2.75) is 25.6 Å². The molecule has 2 rings (SSSR count). The van der Waals surface area contributed by atoms with Crippen molar-refractivity contribution in [3.8, 4) is 0 Å². The van der Waals surface area contributed by atoms with Gasteiger partial charge in [0.25, 0.3) is 0 Å². The molecular weight excluding hydrogens is 332 g/mol. The molecule has 0 saturated carbocycles. The molecule has 0 fully saturated rings. The van der Waals surface area contributed by atoms with Gasteiger partial charge >= 0.3 is 11.9 Å². The number of rotatable bonds is 8. The van der Waals surface area contributed by atoms with Crippen LogP contribution in [0.2, 0.25) is 0 Å². The lowest BCUT2D eigenvalue weighted by atomic mass is 9.98. The molecular formula is C21H22O5. The van der Waals surface area contributed by atoms with Crippen LogP contribution in [-0.4, -0.2) is 29.3 Å². The molecule has 0 radical (unpaired) electrons. The number of carbonyl (C=O) groups is 2. The van der Waals surface area contributed by atoms with Gasteiger partial charge in [-0.25, -0.2) is 4.79 Å². The van der Waals surface area contributed by atoms with Crippen LogP contribution in [0.1, 0.15) is 24.5 Å². The molecule has 0 amide bonds. The highest BCUT2D eigenvalue weighted by atomic mass is 16.6. The van der Waals surface area contributed by atoms with E-state index in [9.17, 15) is 14.7 Å². The first kappa shape index (κ1) is 19.4. The number of esters is 2. The van der Waals surface area contributed by atoms with E-state index in [2.05, 4.69) is 0 Å². The third-order valence-corrected chi connectivity index (χ3v) is 3.64. The standard InChI is InChI=1S/C21H22O5/c1-2-25-20(23)21(24,14-13-17-9-5-3-6-10-17)15-19(22)26-16-18-11-7-4-8-12-18/h3-14,24H,2,15-16H2,1H3/b14-13+/t21-/m0/s1. The first-order valence-corrected chi connectivity index (χ1v) is 8.37. The maximum atomic E-state index is 12.2. The summed E-state index contributed by atoms with van der Waals surface area (Å²) in [5.41, 5.74) is -0.479. The van der Waals surface area contributed by atoms with Crippen molar-refractivity contribution in [1.82, 2.24) is 0 Å². The summed E-state index contributed by atoms with van der Waals surface area (Å²) in [5, 5.41) is 10.7. The van der Waals surface area contributed by atoms with Crippen LogP contribution in [0.15, 0.2) is 66.7 Å². The van der Waals surface area contributed by atoms with Gasteiger partial charge in [0.15, 0.2) is 5.60 Å². The lowest BCUT2D eigenvalue weighted by Gasteiger charge is -2.21. The highest BCUT2D eigenvalue weighted by Gasteiger charge is 2.38. The Balaban J connectivity index is 2.07. The smallest absolute Gasteiger partial charge is 0.342 e. The minimum atomic E-state index is -2.08. The maximum absolute atomic E-state index is 12.2. The topological polar surface area (TPSA) is 72.8 Å². The monoisotopic (exact) mass is 354 g/mol. The van der Waals surface area contributed by atoms with Crippen molar-refractivity contribution in [3.05, 3.63) is 77.9 Å². The van der Waals surface area contributed by atoms with E-state index in [4.69, 9.17) is 9.47 Å². The van der Waals surface area contributed by atoms with Crippen molar-refractivity contribution < 1.29 is 24.2 Å². The third kappa shape index (κ3) is 5.86. The van der Waals surface area contributed by atoms with E-state index in [0.29, 0.717) is 0 Å². The molecule has 0 unspecified atom stereocenters. The van der Waals surface area contributed by atoms with Crippen LogP contribution in [0.5, 0.6) is 0 Å². The van der Waals surface area contributed by atoms with Crippen molar-refractivity contribution in [1.29, 1.82) is 0 Å². The summed E-state index contributed by atoms with van der Waals surface area (Å²) in [4.78, 5) is 24.3. The highest BCUT2D eigenvalue weighted by molar-refractivity contribution is 5.88. The van der Waals surface area contributed by atoms with E-state index in [0.717, 1.165) is 11.1 Å². The van der Waals surface area contributed by atoms with Gasteiger partial charge in [-0.05, 0) is 24.1 Å². The number of aliphatic hydroxyl groups is 1. The highest BCUT2D eigenvalue weighted by Crippen LogP contribution is 2.19. The molecule has 0 aliphatic carbocycles. The number of benzene rings is 2. The lowest BCUT2D eigenvalue weighted by Crippen LogP contribution is -2.40. The van der Waals surface area contributed by atoms with Gasteiger partial charge in [0.05, 0.1) is 13.0 Å². The van der Waals surface area contributed by atoms with Crippen LogP contribution in [-0.2, 0) is 25.7 Å². The molecule has 0 aromatic heterocycles. The fourth-order valence-electron chi connectivity index (χ4n) is 2.26. The van der Waals surface area contributed by atoms with E-state index >= 15 is 0 Å². The van der Waals surface area contributed by atoms with Gasteiger partial charge in [0.2, 0.25) is 0 Å². The molecule has 0 bridgehead atoms. The zero-order valence-electron chi connectivity index (χ0n) is 14.6. The van der Waals surface area contributed by atoms with Crippen LogP contribution in [0, 0.1) is 0 Å². The van der Waals surface area contributed by atoms with Crippen LogP contribution in [0.3, 0.4) is 0 Å². The van der Waals surface area contributed by atoms with Gasteiger partial charge in [-0.3, -0.25) is 4.79 Å². The third-order valence-electron chi connectivity index (χ3n) is 3.64. The second-order valence-electron chi connectivity index (χ2n) is 5.71. The van der Waals surface area contributed by atoms with Crippen LogP contribution in [0.4, 0.5) is 0 Å². The zero-order chi connectivity index (χ0) is 18.8. The van der Waals surface area contributed by atoms with Gasteiger partial charge in [-0.2, -0.15) is 0 Å². The van der Waals surface area contributed by atoms with Crippen molar-refractivity contribution in [2.75, 3.05) is 6.61 Å². The quantitative estimate of drug-likeness (QED) is 0.738. The van der Waals surface area contributed by atoms with Crippen LogP contribution in [0.25, 0.3) is 6.08 Å². The Morgan fingerprint density at radius 3 is 2.23 bits per heavy atom. The van der Waals surface area contributed by atoms with Gasteiger partial charge in [0, 0.05) is 0 Å². The van der Waals surface area contributed by atoms with Crippen molar-refractivity contribution in [2.24, 2.45) is 0 Å². The second kappa shape index (κ2) is 9.53. The maximum Gasteiger partial charge on any atom is 0.342 e. The number of hydrogen-bond donors (Lipinski definition) is 1. The molecule has 5 heteroatoms. The van der Waals surface area contributed by atoms with E-state index in [1.807, 2.05) is 60.7 Å². The van der Waals surface area contributed by atoms with Gasteiger partial charge in [-0.1, -0.05) is 66.7 Å². The summed E-state index contributed by atoms with van der Waals surface area (Å²) in [6, 6.07) is 18.3. The van der Waals surface area contributed by atoms with E-state index in [-0.39, 0.29) is 13.2 Å². The summed E-state index contributed by atoms with van der Waals surface area (Å²) in [7, 11) is 0. The van der Waals surface area contributed by atoms with Crippen LogP contribution < -0.4 is 0 Å². The molecule has 0 aliphatic heterocycles. The molecule has 1 atom stereocenters. The first-order chi connectivity index (χ1) is 12.5. The summed E-state index contributed by atoms with van der Waals surface area (Å²) < 4.78 is 10.1. The molecule has 2 aromatic carbocycles. The SMILES string of the molecule is CCOC(=O)[C@](O)(/C=C/c1ccccc1)CC(=O)OCc1ccccc1. The summed E-state index contributed by atoms with van der Waals surface area (Å²) in [6.45, 7) is 1.80. The van der Waals surface area contributed by atoms with Gasteiger partial charge in [0.1, 0.15) is 6.61 Å². The Hall–Kier alpha value is -2.92. The molecule has 5 nitrogen and oxygen atoms in total. The molecule has 0 spiro atoms. The van der Waals surface area contributed by atoms with Gasteiger partial charge < -0.3 is 14.6 Å². The molecule has 2 aromatic rings. The van der Waals surface area contributed by atoms with Crippen molar-refractivity contribution in [3.63, 3.8) is 0 Å². The molecule has 0 aliphatic rings. The molecule has 0 saturated heterocycles. The second-order valence-corrected chi connectivity index (χ2v) is 5.71. The van der Waals surface area contributed by atoms with E-state index in [1.165, 1.54) is 6.08 Å². The Bertz CT molecular complexity index is 740. The fraction of sp³-hybridized carbons (Fsp3) is 0.238. The minimum Gasteiger partial charge on any atom is -0.464 e. The summed E-state index contributed by atoms with van der Waals surface area (Å²) in [6.07, 6.45) is 2.31. The van der Waals surface area contributed by atoms with Gasteiger partial charge in [-0.15, -0.1) is 0 Å². The Morgan fingerprint density at radius 2 is 1.62 bits per heavy atom. The average Bonchev–Trinajstić information content (AvgIpc) is 2.67. The Labute approximate surface area is 152 Å². The predicted molar refractivity (Wildman–Crippen MR) is 97.9 cm³/mol. The average molecular weight is 354 g/mol. The lowest BCUT2D eigenvalue weighted by molar-refractivity contribution is -0.167. The zero-order valence-corrected chi connectivity index (χ0v) is 14.6. The molecule has 0 heterocycles. The summed E-state index contributed by atoms with van der Waals surface area (Å²) in [5.74, 6) is -1.58. The Morgan fingerprint density at radius 1 is 1.00 bits per heavy atom. The minimum absolute atomic E-state index is 0.0704. The van der Waals surface area contributed by atoms with Crippen molar-refractivity contribution >= 4 is 18.0 Å². The molecule has 1 N–H and O–H groups in total. The number of ether oxygens (including phenoxy) is 2. The number of carbonyl (C=O) groups excluding carboxylic acids is 2. The fourth-order valence-corrected chi connectivity index (χ4v) is 2.26.